The number of carbonyl (C=O) groups is 1. The molecule has 0 atom stereocenters. The van der Waals surface area contributed by atoms with E-state index in [0.29, 0.717) is 16.9 Å². The zero-order valence-corrected chi connectivity index (χ0v) is 14.1. The Morgan fingerprint density at radius 3 is 2.62 bits per heavy atom. The number of hydrogen-bond donors (Lipinski definition) is 1. The summed E-state index contributed by atoms with van der Waals surface area (Å²) in [6.07, 6.45) is 0. The van der Waals surface area contributed by atoms with E-state index >= 15 is 0 Å². The lowest BCUT2D eigenvalue weighted by Gasteiger charge is -2.08. The van der Waals surface area contributed by atoms with Gasteiger partial charge < -0.3 is 5.32 Å². The summed E-state index contributed by atoms with van der Waals surface area (Å²) >= 11 is 0. The maximum Gasteiger partial charge on any atom is 0.274 e. The molecule has 0 radical (unpaired) electrons. The number of hydrogen-bond acceptors (Lipinski definition) is 3. The Hall–Kier alpha value is -3.16. The molecule has 5 nitrogen and oxygen atoms in total. The van der Waals surface area contributed by atoms with Gasteiger partial charge in [-0.15, -0.1) is 5.10 Å². The highest BCUT2D eigenvalue weighted by atomic mass is 19.1. The maximum atomic E-state index is 13.7. The third-order valence-corrected chi connectivity index (χ3v) is 4.03. The number of nitrogens with one attached hydrogen (secondary N) is 1. The van der Waals surface area contributed by atoms with Crippen molar-refractivity contribution in [3.05, 3.63) is 76.4 Å². The van der Waals surface area contributed by atoms with Gasteiger partial charge >= 0.3 is 0 Å². The molecule has 1 amide bonds. The second kappa shape index (κ2) is 6.99. The number of aromatic nitrogens is 3. The molecule has 1 heterocycles. The van der Waals surface area contributed by atoms with E-state index in [1.807, 2.05) is 0 Å². The normalized spacial score (nSPS) is 10.8. The van der Waals surface area contributed by atoms with Crippen LogP contribution in [0.4, 0.5) is 13.2 Å². The fraction of sp³-hybridized carbons (Fsp3) is 0.167. The van der Waals surface area contributed by atoms with E-state index in [1.165, 1.54) is 22.9 Å². The van der Waals surface area contributed by atoms with Crippen LogP contribution in [0.3, 0.4) is 0 Å². The van der Waals surface area contributed by atoms with E-state index in [2.05, 4.69) is 15.6 Å². The molecule has 0 aliphatic heterocycles. The van der Waals surface area contributed by atoms with Crippen molar-refractivity contribution in [1.82, 2.24) is 20.3 Å². The second-order valence-electron chi connectivity index (χ2n) is 5.74. The molecule has 0 unspecified atom stereocenters. The van der Waals surface area contributed by atoms with Crippen molar-refractivity contribution in [3.63, 3.8) is 0 Å². The SMILES string of the molecule is Cc1c(F)cccc1-n1nnc(C(=O)NCc2ccc(F)cc2F)c1C. The molecule has 0 aliphatic rings. The molecule has 8 heteroatoms. The zero-order chi connectivity index (χ0) is 18.8. The van der Waals surface area contributed by atoms with Crippen LogP contribution < -0.4 is 5.32 Å². The van der Waals surface area contributed by atoms with Gasteiger partial charge in [0.2, 0.25) is 0 Å². The summed E-state index contributed by atoms with van der Waals surface area (Å²) in [4.78, 5) is 12.3. The van der Waals surface area contributed by atoms with Gasteiger partial charge in [-0.3, -0.25) is 4.79 Å². The summed E-state index contributed by atoms with van der Waals surface area (Å²) in [7, 11) is 0. The lowest BCUT2D eigenvalue weighted by molar-refractivity contribution is 0.0945. The van der Waals surface area contributed by atoms with Crippen LogP contribution in [0.25, 0.3) is 5.69 Å². The molecule has 2 aromatic carbocycles. The average Bonchev–Trinajstić information content (AvgIpc) is 2.98. The van der Waals surface area contributed by atoms with Gasteiger partial charge in [0, 0.05) is 23.7 Å². The minimum absolute atomic E-state index is 0.0381. The third kappa shape index (κ3) is 3.30. The van der Waals surface area contributed by atoms with E-state index in [1.54, 1.807) is 19.9 Å². The van der Waals surface area contributed by atoms with Crippen molar-refractivity contribution in [2.75, 3.05) is 0 Å². The van der Waals surface area contributed by atoms with E-state index in [4.69, 9.17) is 0 Å². The Balaban J connectivity index is 1.81. The number of halogens is 3. The van der Waals surface area contributed by atoms with Crippen LogP contribution in [0.2, 0.25) is 0 Å². The van der Waals surface area contributed by atoms with Gasteiger partial charge in [0.25, 0.3) is 5.91 Å². The highest BCUT2D eigenvalue weighted by Gasteiger charge is 2.19. The first-order chi connectivity index (χ1) is 12.4. The van der Waals surface area contributed by atoms with Crippen molar-refractivity contribution >= 4 is 5.91 Å². The Morgan fingerprint density at radius 2 is 1.88 bits per heavy atom. The number of rotatable bonds is 4. The fourth-order valence-electron chi connectivity index (χ4n) is 2.52. The molecule has 0 saturated carbocycles. The summed E-state index contributed by atoms with van der Waals surface area (Å²) in [5.41, 5.74) is 1.44. The molecule has 1 aromatic heterocycles. The highest BCUT2D eigenvalue weighted by molar-refractivity contribution is 5.93. The van der Waals surface area contributed by atoms with Gasteiger partial charge in [-0.25, -0.2) is 17.9 Å². The number of amides is 1. The van der Waals surface area contributed by atoms with Gasteiger partial charge in [-0.2, -0.15) is 0 Å². The zero-order valence-electron chi connectivity index (χ0n) is 14.1. The van der Waals surface area contributed by atoms with E-state index in [-0.39, 0.29) is 17.8 Å². The van der Waals surface area contributed by atoms with E-state index in [9.17, 15) is 18.0 Å². The lowest BCUT2D eigenvalue weighted by atomic mass is 10.2. The van der Waals surface area contributed by atoms with Crippen molar-refractivity contribution in [2.45, 2.75) is 20.4 Å². The summed E-state index contributed by atoms with van der Waals surface area (Å²) in [5.74, 6) is -2.40. The van der Waals surface area contributed by atoms with Crippen molar-refractivity contribution < 1.29 is 18.0 Å². The molecule has 0 fully saturated rings. The standard InChI is InChI=1S/C18H15F3N4O/c1-10-14(20)4-3-5-16(10)25-11(2)17(23-24-25)18(26)22-9-12-6-7-13(19)8-15(12)21/h3-8H,9H2,1-2H3,(H,22,26). The Kier molecular flexibility index (Phi) is 4.75. The molecule has 0 bridgehead atoms. The Labute approximate surface area is 147 Å². The lowest BCUT2D eigenvalue weighted by Crippen LogP contribution is -2.24. The van der Waals surface area contributed by atoms with Crippen LogP contribution in [0.15, 0.2) is 36.4 Å². The van der Waals surface area contributed by atoms with Gasteiger partial charge in [0.05, 0.1) is 11.4 Å². The molecule has 3 rings (SSSR count). The molecular formula is C18H15F3N4O. The van der Waals surface area contributed by atoms with Crippen LogP contribution >= 0.6 is 0 Å². The Morgan fingerprint density at radius 1 is 1.12 bits per heavy atom. The van der Waals surface area contributed by atoms with E-state index in [0.717, 1.165) is 12.1 Å². The van der Waals surface area contributed by atoms with Gasteiger partial charge in [-0.05, 0) is 32.0 Å². The first-order valence-corrected chi connectivity index (χ1v) is 7.78. The minimum atomic E-state index is -0.749. The van der Waals surface area contributed by atoms with E-state index < -0.39 is 23.4 Å². The number of carbonyl (C=O) groups excluding carboxylic acids is 1. The molecule has 134 valence electrons. The minimum Gasteiger partial charge on any atom is -0.346 e. The predicted octanol–water partition coefficient (Wildman–Crippen LogP) is 3.23. The average molecular weight is 360 g/mol. The largest absolute Gasteiger partial charge is 0.346 e. The summed E-state index contributed by atoms with van der Waals surface area (Å²) in [6.45, 7) is 3.09. The summed E-state index contributed by atoms with van der Waals surface area (Å²) in [5, 5.41) is 10.3. The molecule has 1 N–H and O–H groups in total. The molecule has 0 aliphatic carbocycles. The predicted molar refractivity (Wildman–Crippen MR) is 88.3 cm³/mol. The number of benzene rings is 2. The summed E-state index contributed by atoms with van der Waals surface area (Å²) < 4.78 is 41.6. The number of nitrogens with zero attached hydrogens (tertiary/aromatic N) is 3. The quantitative estimate of drug-likeness (QED) is 0.777. The van der Waals surface area contributed by atoms with Crippen LogP contribution in [-0.4, -0.2) is 20.9 Å². The Bertz CT molecular complexity index is 985. The molecule has 0 spiro atoms. The topological polar surface area (TPSA) is 59.8 Å². The molecule has 3 aromatic rings. The summed E-state index contributed by atoms with van der Waals surface area (Å²) in [6, 6.07) is 7.64. The monoisotopic (exact) mass is 360 g/mol. The van der Waals surface area contributed by atoms with Gasteiger partial charge in [0.15, 0.2) is 5.69 Å². The maximum absolute atomic E-state index is 13.7. The first kappa shape index (κ1) is 17.7. The smallest absolute Gasteiger partial charge is 0.274 e. The second-order valence-corrected chi connectivity index (χ2v) is 5.74. The van der Waals surface area contributed by atoms with Gasteiger partial charge in [-0.1, -0.05) is 17.3 Å². The van der Waals surface area contributed by atoms with Crippen LogP contribution in [0.1, 0.15) is 27.3 Å². The molecule has 0 saturated heterocycles. The third-order valence-electron chi connectivity index (χ3n) is 4.03. The van der Waals surface area contributed by atoms with Crippen molar-refractivity contribution in [3.8, 4) is 5.69 Å². The van der Waals surface area contributed by atoms with Crippen molar-refractivity contribution in [2.24, 2.45) is 0 Å². The van der Waals surface area contributed by atoms with Crippen LogP contribution in [0, 0.1) is 31.3 Å². The molecule has 26 heavy (non-hydrogen) atoms. The first-order valence-electron chi connectivity index (χ1n) is 7.78. The van der Waals surface area contributed by atoms with Crippen molar-refractivity contribution in [1.29, 1.82) is 0 Å². The van der Waals surface area contributed by atoms with Crippen LogP contribution in [0.5, 0.6) is 0 Å². The fourth-order valence-corrected chi connectivity index (χ4v) is 2.52. The van der Waals surface area contributed by atoms with Gasteiger partial charge in [0.1, 0.15) is 17.5 Å². The molecular weight excluding hydrogens is 345 g/mol. The highest BCUT2D eigenvalue weighted by Crippen LogP contribution is 2.19. The van der Waals surface area contributed by atoms with Crippen LogP contribution in [-0.2, 0) is 6.54 Å².